The van der Waals surface area contributed by atoms with Crippen molar-refractivity contribution < 1.29 is 23.2 Å². The first-order valence-electron chi connectivity index (χ1n) is 10.3. The van der Waals surface area contributed by atoms with Gasteiger partial charge in [-0.1, -0.05) is 23.7 Å². The Morgan fingerprint density at radius 2 is 1.88 bits per heavy atom. The minimum atomic E-state index is -0.409. The van der Waals surface area contributed by atoms with Crippen LogP contribution in [0.25, 0.3) is 17.4 Å². The number of halogens is 1. The summed E-state index contributed by atoms with van der Waals surface area (Å²) < 4.78 is 16.2. The topological polar surface area (TPSA) is 93.7 Å². The highest BCUT2D eigenvalue weighted by Gasteiger charge is 2.13. The second kappa shape index (κ2) is 10.1. The standard InChI is InChI=1S/C26H21ClN2O5/c1-16-5-6-17(14-20(16)27)22-11-8-19(34-22)9-12-25(30)28-18-7-10-21(24(15-18)32-2)29-26(31)23-4-3-13-33-23/h3-15H,1-2H3,(H,28,30)(H,29,31)/b12-9-. The molecule has 172 valence electrons. The molecule has 0 atom stereocenters. The fourth-order valence-electron chi connectivity index (χ4n) is 3.15. The predicted molar refractivity (Wildman–Crippen MR) is 131 cm³/mol. The zero-order valence-electron chi connectivity index (χ0n) is 18.4. The van der Waals surface area contributed by atoms with Gasteiger partial charge in [0.15, 0.2) is 5.76 Å². The van der Waals surface area contributed by atoms with Crippen molar-refractivity contribution in [3.8, 4) is 17.1 Å². The van der Waals surface area contributed by atoms with Crippen molar-refractivity contribution in [3.05, 3.63) is 95.1 Å². The van der Waals surface area contributed by atoms with E-state index in [1.54, 1.807) is 42.5 Å². The molecule has 2 aromatic carbocycles. The number of carbonyl (C=O) groups is 2. The maximum Gasteiger partial charge on any atom is 0.291 e. The van der Waals surface area contributed by atoms with E-state index in [4.69, 9.17) is 25.2 Å². The third-order valence-corrected chi connectivity index (χ3v) is 5.35. The van der Waals surface area contributed by atoms with Crippen LogP contribution in [0.4, 0.5) is 11.4 Å². The minimum Gasteiger partial charge on any atom is -0.494 e. The van der Waals surface area contributed by atoms with Crippen LogP contribution >= 0.6 is 11.6 Å². The van der Waals surface area contributed by atoms with Gasteiger partial charge in [0.1, 0.15) is 17.3 Å². The second-order valence-electron chi connectivity index (χ2n) is 7.34. The molecule has 0 aliphatic heterocycles. The highest BCUT2D eigenvalue weighted by atomic mass is 35.5. The van der Waals surface area contributed by atoms with Gasteiger partial charge in [0, 0.05) is 28.4 Å². The van der Waals surface area contributed by atoms with Crippen molar-refractivity contribution in [3.63, 3.8) is 0 Å². The number of anilines is 2. The largest absolute Gasteiger partial charge is 0.494 e. The van der Waals surface area contributed by atoms with Gasteiger partial charge in [-0.05, 0) is 61.0 Å². The zero-order chi connectivity index (χ0) is 24.1. The third kappa shape index (κ3) is 5.39. The zero-order valence-corrected chi connectivity index (χ0v) is 19.2. The van der Waals surface area contributed by atoms with Gasteiger partial charge in [-0.3, -0.25) is 9.59 Å². The Bertz CT molecular complexity index is 1360. The molecule has 2 heterocycles. The first kappa shape index (κ1) is 22.9. The fraction of sp³-hybridized carbons (Fsp3) is 0.0769. The van der Waals surface area contributed by atoms with Crippen LogP contribution in [-0.4, -0.2) is 18.9 Å². The minimum absolute atomic E-state index is 0.177. The SMILES string of the molecule is COc1cc(NC(=O)/C=C\c2ccc(-c3ccc(C)c(Cl)c3)o2)ccc1NC(=O)c1ccco1. The van der Waals surface area contributed by atoms with E-state index in [9.17, 15) is 9.59 Å². The Labute approximate surface area is 201 Å². The van der Waals surface area contributed by atoms with Crippen LogP contribution in [0.1, 0.15) is 21.9 Å². The quantitative estimate of drug-likeness (QED) is 0.300. The monoisotopic (exact) mass is 476 g/mol. The van der Waals surface area contributed by atoms with E-state index in [0.29, 0.717) is 33.7 Å². The number of hydrogen-bond acceptors (Lipinski definition) is 5. The number of hydrogen-bond donors (Lipinski definition) is 2. The number of nitrogens with one attached hydrogen (secondary N) is 2. The van der Waals surface area contributed by atoms with Crippen molar-refractivity contribution >= 4 is 40.9 Å². The second-order valence-corrected chi connectivity index (χ2v) is 7.74. The number of ether oxygens (including phenoxy) is 1. The molecule has 4 aromatic rings. The van der Waals surface area contributed by atoms with Crippen molar-refractivity contribution in [2.24, 2.45) is 0 Å². The summed E-state index contributed by atoms with van der Waals surface area (Å²) >= 11 is 6.19. The molecule has 0 radical (unpaired) electrons. The van der Waals surface area contributed by atoms with Crippen LogP contribution in [-0.2, 0) is 4.79 Å². The molecule has 0 saturated carbocycles. The molecule has 0 bridgehead atoms. The highest BCUT2D eigenvalue weighted by Crippen LogP contribution is 2.29. The van der Waals surface area contributed by atoms with Crippen molar-refractivity contribution in [1.29, 1.82) is 0 Å². The predicted octanol–water partition coefficient (Wildman–Crippen LogP) is 6.41. The molecule has 0 aliphatic carbocycles. The molecule has 2 N–H and O–H groups in total. The van der Waals surface area contributed by atoms with E-state index < -0.39 is 5.91 Å². The molecule has 0 aliphatic rings. The number of rotatable bonds is 7. The van der Waals surface area contributed by atoms with Gasteiger partial charge >= 0.3 is 0 Å². The summed E-state index contributed by atoms with van der Waals surface area (Å²) in [5.41, 5.74) is 2.78. The Hall–Kier alpha value is -4.23. The highest BCUT2D eigenvalue weighted by molar-refractivity contribution is 6.31. The molecule has 2 amide bonds. The molecule has 0 unspecified atom stereocenters. The number of furan rings is 2. The molecule has 8 heteroatoms. The summed E-state index contributed by atoms with van der Waals surface area (Å²) in [6, 6.07) is 17.3. The molecule has 0 spiro atoms. The normalized spacial score (nSPS) is 10.9. The van der Waals surface area contributed by atoms with Crippen molar-refractivity contribution in [2.45, 2.75) is 6.92 Å². The third-order valence-electron chi connectivity index (χ3n) is 4.94. The van der Waals surface area contributed by atoms with Gasteiger partial charge < -0.3 is 24.2 Å². The lowest BCUT2D eigenvalue weighted by atomic mass is 10.1. The molecular formula is C26H21ClN2O5. The number of carbonyl (C=O) groups excluding carboxylic acids is 2. The molecule has 34 heavy (non-hydrogen) atoms. The smallest absolute Gasteiger partial charge is 0.291 e. The summed E-state index contributed by atoms with van der Waals surface area (Å²) in [7, 11) is 1.47. The Morgan fingerprint density at radius 3 is 2.62 bits per heavy atom. The van der Waals surface area contributed by atoms with Gasteiger partial charge in [0.2, 0.25) is 5.91 Å². The summed E-state index contributed by atoms with van der Waals surface area (Å²) in [5.74, 6) is 0.971. The van der Waals surface area contributed by atoms with Crippen LogP contribution < -0.4 is 15.4 Å². The van der Waals surface area contributed by atoms with Crippen LogP contribution in [0.5, 0.6) is 5.75 Å². The number of amides is 2. The summed E-state index contributed by atoms with van der Waals surface area (Å²) in [6.45, 7) is 1.93. The molecule has 7 nitrogen and oxygen atoms in total. The van der Waals surface area contributed by atoms with Crippen molar-refractivity contribution in [2.75, 3.05) is 17.7 Å². The van der Waals surface area contributed by atoms with Gasteiger partial charge in [0.05, 0.1) is 19.1 Å². The van der Waals surface area contributed by atoms with Crippen molar-refractivity contribution in [1.82, 2.24) is 0 Å². The van der Waals surface area contributed by atoms with Crippen LogP contribution in [0, 0.1) is 6.92 Å². The number of methoxy groups -OCH3 is 1. The Kier molecular flexibility index (Phi) is 6.85. The molecule has 0 saturated heterocycles. The van der Waals surface area contributed by atoms with E-state index in [-0.39, 0.29) is 11.7 Å². The Balaban J connectivity index is 1.40. The van der Waals surface area contributed by atoms with Crippen LogP contribution in [0.15, 0.2) is 81.8 Å². The number of aryl methyl sites for hydroxylation is 1. The summed E-state index contributed by atoms with van der Waals surface area (Å²) in [5, 5.41) is 6.12. The van der Waals surface area contributed by atoms with Gasteiger partial charge in [0.25, 0.3) is 5.91 Å². The van der Waals surface area contributed by atoms with E-state index in [1.807, 2.05) is 31.2 Å². The average molecular weight is 477 g/mol. The van der Waals surface area contributed by atoms with E-state index >= 15 is 0 Å². The maximum absolute atomic E-state index is 12.4. The average Bonchev–Trinajstić information content (AvgIpc) is 3.53. The number of benzene rings is 2. The lowest BCUT2D eigenvalue weighted by Crippen LogP contribution is -2.12. The summed E-state index contributed by atoms with van der Waals surface area (Å²) in [6.07, 6.45) is 4.35. The van der Waals surface area contributed by atoms with E-state index in [0.717, 1.165) is 11.1 Å². The first-order valence-corrected chi connectivity index (χ1v) is 10.7. The van der Waals surface area contributed by atoms with Gasteiger partial charge in [-0.2, -0.15) is 0 Å². The fourth-order valence-corrected chi connectivity index (χ4v) is 3.33. The Morgan fingerprint density at radius 1 is 1.03 bits per heavy atom. The van der Waals surface area contributed by atoms with Crippen LogP contribution in [0.2, 0.25) is 5.02 Å². The molecule has 0 fully saturated rings. The molecule has 4 rings (SSSR count). The lowest BCUT2D eigenvalue weighted by Gasteiger charge is -2.11. The first-order chi connectivity index (χ1) is 16.4. The summed E-state index contributed by atoms with van der Waals surface area (Å²) in [4.78, 5) is 24.6. The lowest BCUT2D eigenvalue weighted by molar-refractivity contribution is -0.111. The molecular weight excluding hydrogens is 456 g/mol. The van der Waals surface area contributed by atoms with Gasteiger partial charge in [-0.15, -0.1) is 0 Å². The van der Waals surface area contributed by atoms with E-state index in [2.05, 4.69) is 10.6 Å². The van der Waals surface area contributed by atoms with Gasteiger partial charge in [-0.25, -0.2) is 0 Å². The van der Waals surface area contributed by atoms with E-state index in [1.165, 1.54) is 19.4 Å². The van der Waals surface area contributed by atoms with Crippen LogP contribution in [0.3, 0.4) is 0 Å². The molecule has 2 aromatic heterocycles. The maximum atomic E-state index is 12.4.